The number of nitrogens with zero attached hydrogens (tertiary/aromatic N) is 3. The quantitative estimate of drug-likeness (QED) is 0.795. The number of pyridine rings is 1. The van der Waals surface area contributed by atoms with Gasteiger partial charge in [0.15, 0.2) is 0 Å². The fourth-order valence-corrected chi connectivity index (χ4v) is 1.30. The maximum atomic E-state index is 10.7. The van der Waals surface area contributed by atoms with Gasteiger partial charge >= 0.3 is 5.97 Å². The van der Waals surface area contributed by atoms with Gasteiger partial charge < -0.3 is 9.67 Å². The molecular formula is C10H9N3O2. The van der Waals surface area contributed by atoms with Gasteiger partial charge in [-0.05, 0) is 12.1 Å². The van der Waals surface area contributed by atoms with E-state index in [-0.39, 0.29) is 5.69 Å². The minimum Gasteiger partial charge on any atom is -0.477 e. The van der Waals surface area contributed by atoms with Crippen LogP contribution in [-0.2, 0) is 7.05 Å². The number of aromatic carboxylic acids is 1. The maximum Gasteiger partial charge on any atom is 0.354 e. The largest absolute Gasteiger partial charge is 0.477 e. The van der Waals surface area contributed by atoms with Gasteiger partial charge in [-0.1, -0.05) is 6.07 Å². The first-order chi connectivity index (χ1) is 7.18. The van der Waals surface area contributed by atoms with Crippen molar-refractivity contribution in [3.8, 4) is 11.4 Å². The molecule has 0 saturated heterocycles. The fourth-order valence-electron chi connectivity index (χ4n) is 1.30. The van der Waals surface area contributed by atoms with Crippen molar-refractivity contribution in [2.75, 3.05) is 0 Å². The molecule has 15 heavy (non-hydrogen) atoms. The number of carboxylic acids is 1. The maximum absolute atomic E-state index is 10.7. The highest BCUT2D eigenvalue weighted by Gasteiger charge is 2.08. The highest BCUT2D eigenvalue weighted by atomic mass is 16.4. The summed E-state index contributed by atoms with van der Waals surface area (Å²) in [5, 5.41) is 8.79. The van der Waals surface area contributed by atoms with Crippen LogP contribution in [0.15, 0.2) is 30.7 Å². The second kappa shape index (κ2) is 3.53. The van der Waals surface area contributed by atoms with E-state index in [2.05, 4.69) is 9.97 Å². The molecule has 0 bridgehead atoms. The average molecular weight is 203 g/mol. The molecule has 76 valence electrons. The van der Waals surface area contributed by atoms with Crippen molar-refractivity contribution < 1.29 is 9.90 Å². The number of aromatic nitrogens is 3. The van der Waals surface area contributed by atoms with Crippen LogP contribution < -0.4 is 0 Å². The standard InChI is InChI=1S/C10H9N3O2/c1-13-6-11-5-9(13)7-3-2-4-8(12-7)10(14)15/h2-6H,1H3,(H,14,15). The number of hydrogen-bond donors (Lipinski definition) is 1. The molecule has 0 atom stereocenters. The number of hydrogen-bond acceptors (Lipinski definition) is 3. The lowest BCUT2D eigenvalue weighted by atomic mass is 10.2. The predicted octanol–water partition coefficient (Wildman–Crippen LogP) is 1.18. The van der Waals surface area contributed by atoms with Crippen LogP contribution in [0.4, 0.5) is 0 Å². The third kappa shape index (κ3) is 1.71. The molecule has 1 N–H and O–H groups in total. The van der Waals surface area contributed by atoms with E-state index in [4.69, 9.17) is 5.11 Å². The van der Waals surface area contributed by atoms with Crippen LogP contribution in [0.3, 0.4) is 0 Å². The van der Waals surface area contributed by atoms with Crippen LogP contribution in [-0.4, -0.2) is 25.6 Å². The van der Waals surface area contributed by atoms with Crippen LogP contribution in [0.5, 0.6) is 0 Å². The van der Waals surface area contributed by atoms with Crippen molar-refractivity contribution >= 4 is 5.97 Å². The van der Waals surface area contributed by atoms with Gasteiger partial charge in [-0.2, -0.15) is 0 Å². The number of carboxylic acid groups (broad SMARTS) is 1. The normalized spacial score (nSPS) is 10.2. The minimum atomic E-state index is -1.03. The van der Waals surface area contributed by atoms with Gasteiger partial charge in [0.2, 0.25) is 0 Å². The van der Waals surface area contributed by atoms with Crippen LogP contribution in [0.1, 0.15) is 10.5 Å². The van der Waals surface area contributed by atoms with E-state index in [0.29, 0.717) is 5.69 Å². The summed E-state index contributed by atoms with van der Waals surface area (Å²) >= 11 is 0. The lowest BCUT2D eigenvalue weighted by molar-refractivity contribution is 0.0690. The second-order valence-corrected chi connectivity index (χ2v) is 3.10. The summed E-state index contributed by atoms with van der Waals surface area (Å²) in [4.78, 5) is 18.7. The molecule has 0 spiro atoms. The molecule has 0 radical (unpaired) electrons. The molecule has 2 heterocycles. The lowest BCUT2D eigenvalue weighted by Crippen LogP contribution is -2.01. The minimum absolute atomic E-state index is 0.0358. The Morgan fingerprint density at radius 3 is 2.87 bits per heavy atom. The lowest BCUT2D eigenvalue weighted by Gasteiger charge is -2.01. The summed E-state index contributed by atoms with van der Waals surface area (Å²) in [6.07, 6.45) is 3.29. The Bertz CT molecular complexity index is 505. The molecule has 0 amide bonds. The van der Waals surface area contributed by atoms with Gasteiger partial charge in [0.1, 0.15) is 5.69 Å². The summed E-state index contributed by atoms with van der Waals surface area (Å²) in [5.74, 6) is -1.03. The van der Waals surface area contributed by atoms with E-state index in [9.17, 15) is 4.79 Å². The Morgan fingerprint density at radius 2 is 2.27 bits per heavy atom. The van der Waals surface area contributed by atoms with Gasteiger partial charge in [-0.25, -0.2) is 14.8 Å². The number of imidazole rings is 1. The first kappa shape index (κ1) is 9.39. The predicted molar refractivity (Wildman–Crippen MR) is 53.4 cm³/mol. The molecule has 0 saturated carbocycles. The smallest absolute Gasteiger partial charge is 0.354 e. The zero-order chi connectivity index (χ0) is 10.8. The average Bonchev–Trinajstić information content (AvgIpc) is 2.64. The van der Waals surface area contributed by atoms with E-state index in [0.717, 1.165) is 5.69 Å². The fraction of sp³-hybridized carbons (Fsp3) is 0.100. The molecule has 0 aliphatic rings. The molecular weight excluding hydrogens is 194 g/mol. The summed E-state index contributed by atoms with van der Waals surface area (Å²) in [6, 6.07) is 4.88. The molecule has 2 aromatic rings. The highest BCUT2D eigenvalue weighted by molar-refractivity contribution is 5.85. The van der Waals surface area contributed by atoms with Gasteiger partial charge in [-0.3, -0.25) is 0 Å². The summed E-state index contributed by atoms with van der Waals surface area (Å²) in [5.41, 5.74) is 1.43. The molecule has 5 heteroatoms. The zero-order valence-corrected chi connectivity index (χ0v) is 8.08. The number of carbonyl (C=O) groups is 1. The summed E-state index contributed by atoms with van der Waals surface area (Å²) in [7, 11) is 1.83. The second-order valence-electron chi connectivity index (χ2n) is 3.10. The Balaban J connectivity index is 2.50. The van der Waals surface area contributed by atoms with Crippen LogP contribution in [0.25, 0.3) is 11.4 Å². The first-order valence-corrected chi connectivity index (χ1v) is 4.35. The number of rotatable bonds is 2. The molecule has 0 fully saturated rings. The summed E-state index contributed by atoms with van der Waals surface area (Å²) < 4.78 is 1.79. The van der Waals surface area contributed by atoms with Crippen molar-refractivity contribution in [1.82, 2.24) is 14.5 Å². The Kier molecular flexibility index (Phi) is 2.21. The third-order valence-corrected chi connectivity index (χ3v) is 2.05. The van der Waals surface area contributed by atoms with E-state index in [1.165, 1.54) is 6.07 Å². The van der Waals surface area contributed by atoms with Gasteiger partial charge in [0.05, 0.1) is 23.9 Å². The van der Waals surface area contributed by atoms with Gasteiger partial charge in [0, 0.05) is 7.05 Å². The van der Waals surface area contributed by atoms with Crippen LogP contribution in [0.2, 0.25) is 0 Å². The monoisotopic (exact) mass is 203 g/mol. The third-order valence-electron chi connectivity index (χ3n) is 2.05. The van der Waals surface area contributed by atoms with E-state index in [1.54, 1.807) is 29.2 Å². The van der Waals surface area contributed by atoms with Crippen molar-refractivity contribution in [2.24, 2.45) is 7.05 Å². The Hall–Kier alpha value is -2.17. The van der Waals surface area contributed by atoms with Gasteiger partial charge in [0.25, 0.3) is 0 Å². The zero-order valence-electron chi connectivity index (χ0n) is 8.08. The molecule has 0 aliphatic heterocycles. The summed E-state index contributed by atoms with van der Waals surface area (Å²) in [6.45, 7) is 0. The molecule has 5 nitrogen and oxygen atoms in total. The van der Waals surface area contributed by atoms with E-state index >= 15 is 0 Å². The molecule has 2 aromatic heterocycles. The molecule has 0 unspecified atom stereocenters. The van der Waals surface area contributed by atoms with Crippen LogP contribution in [0, 0.1) is 0 Å². The van der Waals surface area contributed by atoms with Crippen molar-refractivity contribution in [2.45, 2.75) is 0 Å². The van der Waals surface area contributed by atoms with Crippen molar-refractivity contribution in [1.29, 1.82) is 0 Å². The number of aryl methyl sites for hydroxylation is 1. The molecule has 0 aromatic carbocycles. The van der Waals surface area contributed by atoms with E-state index in [1.807, 2.05) is 7.05 Å². The highest BCUT2D eigenvalue weighted by Crippen LogP contribution is 2.15. The van der Waals surface area contributed by atoms with Crippen LogP contribution >= 0.6 is 0 Å². The Morgan fingerprint density at radius 1 is 1.47 bits per heavy atom. The SMILES string of the molecule is Cn1cncc1-c1cccc(C(=O)O)n1. The van der Waals surface area contributed by atoms with Gasteiger partial charge in [-0.15, -0.1) is 0 Å². The molecule has 0 aliphatic carbocycles. The van der Waals surface area contributed by atoms with E-state index < -0.39 is 5.97 Å². The molecule has 2 rings (SSSR count). The van der Waals surface area contributed by atoms with Crippen molar-refractivity contribution in [3.05, 3.63) is 36.4 Å². The van der Waals surface area contributed by atoms with Crippen molar-refractivity contribution in [3.63, 3.8) is 0 Å². The Labute approximate surface area is 86.0 Å². The first-order valence-electron chi connectivity index (χ1n) is 4.35. The topological polar surface area (TPSA) is 68.0 Å².